The summed E-state index contributed by atoms with van der Waals surface area (Å²) in [5.41, 5.74) is 8.48. The van der Waals surface area contributed by atoms with Gasteiger partial charge in [0.05, 0.1) is 11.0 Å². The van der Waals surface area contributed by atoms with Crippen molar-refractivity contribution >= 4 is 37.7 Å². The van der Waals surface area contributed by atoms with E-state index in [1.807, 2.05) is 0 Å². The van der Waals surface area contributed by atoms with Gasteiger partial charge >= 0.3 is 0 Å². The van der Waals surface area contributed by atoms with E-state index in [1.165, 1.54) is 49.7 Å². The van der Waals surface area contributed by atoms with Crippen LogP contribution in [0.15, 0.2) is 126 Å². The second-order valence-corrected chi connectivity index (χ2v) is 8.93. The Morgan fingerprint density at radius 3 is 1.59 bits per heavy atom. The zero-order chi connectivity index (χ0) is 21.5. The van der Waals surface area contributed by atoms with Gasteiger partial charge in [0.25, 0.3) is 0 Å². The minimum absolute atomic E-state index is 1.09. The van der Waals surface area contributed by atoms with Crippen LogP contribution in [0.25, 0.3) is 49.7 Å². The topological polar surface area (TPSA) is 4.93 Å². The third kappa shape index (κ3) is 3.24. The molecule has 0 unspecified atom stereocenters. The van der Waals surface area contributed by atoms with E-state index >= 15 is 0 Å². The van der Waals surface area contributed by atoms with Crippen LogP contribution in [0.3, 0.4) is 0 Å². The minimum atomic E-state index is 1.09. The van der Waals surface area contributed by atoms with E-state index in [1.54, 1.807) is 0 Å². The lowest BCUT2D eigenvalue weighted by Gasteiger charge is -2.10. The molecule has 2 heteroatoms. The van der Waals surface area contributed by atoms with E-state index in [4.69, 9.17) is 0 Å². The Morgan fingerprint density at radius 1 is 0.438 bits per heavy atom. The Balaban J connectivity index is 1.67. The van der Waals surface area contributed by atoms with Crippen LogP contribution in [-0.2, 0) is 0 Å². The van der Waals surface area contributed by atoms with Crippen molar-refractivity contribution in [3.05, 3.63) is 126 Å². The maximum Gasteiger partial charge on any atom is 0.0547 e. The molecule has 0 amide bonds. The minimum Gasteiger partial charge on any atom is -0.309 e. The number of fused-ring (bicyclic) bond motifs is 3. The van der Waals surface area contributed by atoms with Crippen molar-refractivity contribution in [3.63, 3.8) is 0 Å². The molecule has 0 bridgehead atoms. The van der Waals surface area contributed by atoms with E-state index in [9.17, 15) is 0 Å². The molecule has 0 saturated carbocycles. The normalized spacial score (nSPS) is 11.3. The van der Waals surface area contributed by atoms with Gasteiger partial charge in [-0.1, -0.05) is 101 Å². The number of benzene rings is 5. The molecule has 1 nitrogen and oxygen atoms in total. The Morgan fingerprint density at radius 2 is 0.969 bits per heavy atom. The lowest BCUT2D eigenvalue weighted by atomic mass is 10.0. The Kier molecular flexibility index (Phi) is 4.66. The van der Waals surface area contributed by atoms with Crippen molar-refractivity contribution in [2.24, 2.45) is 0 Å². The lowest BCUT2D eigenvalue weighted by molar-refractivity contribution is 1.18. The van der Waals surface area contributed by atoms with Gasteiger partial charge in [-0.15, -0.1) is 0 Å². The summed E-state index contributed by atoms with van der Waals surface area (Å²) in [6, 6.07) is 43.3. The number of hydrogen-bond acceptors (Lipinski definition) is 0. The van der Waals surface area contributed by atoms with Crippen LogP contribution in [0.5, 0.6) is 0 Å². The largest absolute Gasteiger partial charge is 0.309 e. The average Bonchev–Trinajstić information content (AvgIpc) is 3.18. The zero-order valence-corrected chi connectivity index (χ0v) is 19.0. The highest BCUT2D eigenvalue weighted by Crippen LogP contribution is 2.37. The van der Waals surface area contributed by atoms with E-state index in [0.717, 1.165) is 4.47 Å². The van der Waals surface area contributed by atoms with Crippen LogP contribution in [-0.4, -0.2) is 4.57 Å². The maximum atomic E-state index is 3.61. The van der Waals surface area contributed by atoms with Gasteiger partial charge < -0.3 is 4.57 Å². The van der Waals surface area contributed by atoms with E-state index in [0.29, 0.717) is 0 Å². The number of aromatic nitrogens is 1. The van der Waals surface area contributed by atoms with Crippen LogP contribution < -0.4 is 0 Å². The van der Waals surface area contributed by atoms with Crippen LogP contribution in [0.1, 0.15) is 0 Å². The first kappa shape index (κ1) is 19.1. The van der Waals surface area contributed by atoms with Gasteiger partial charge in [0.2, 0.25) is 0 Å². The van der Waals surface area contributed by atoms with Crippen LogP contribution in [0.2, 0.25) is 0 Å². The van der Waals surface area contributed by atoms with Gasteiger partial charge in [0, 0.05) is 20.9 Å². The summed E-state index contributed by atoms with van der Waals surface area (Å²) < 4.78 is 3.48. The third-order valence-electron chi connectivity index (χ3n) is 6.05. The summed E-state index contributed by atoms with van der Waals surface area (Å²) >= 11 is 3.61. The number of hydrogen-bond donors (Lipinski definition) is 0. The van der Waals surface area contributed by atoms with E-state index in [2.05, 4.69) is 142 Å². The summed E-state index contributed by atoms with van der Waals surface area (Å²) in [4.78, 5) is 0. The molecule has 0 fully saturated rings. The Labute approximate surface area is 195 Å². The van der Waals surface area contributed by atoms with Gasteiger partial charge in [-0.25, -0.2) is 0 Å². The Hall–Kier alpha value is -3.62. The van der Waals surface area contributed by atoms with Gasteiger partial charge in [-0.2, -0.15) is 0 Å². The smallest absolute Gasteiger partial charge is 0.0547 e. The number of rotatable bonds is 3. The third-order valence-corrected chi connectivity index (χ3v) is 6.54. The SMILES string of the molecule is Brc1cccc(-c2ccc3c4ccc(-c5ccccc5)cc4n(-c4ccccc4)c3c2)c1. The fourth-order valence-corrected chi connectivity index (χ4v) is 4.93. The fourth-order valence-electron chi connectivity index (χ4n) is 4.53. The summed E-state index contributed by atoms with van der Waals surface area (Å²) in [6.07, 6.45) is 0. The molecule has 152 valence electrons. The summed E-state index contributed by atoms with van der Waals surface area (Å²) in [5, 5.41) is 2.53. The quantitative estimate of drug-likeness (QED) is 0.241. The lowest BCUT2D eigenvalue weighted by Crippen LogP contribution is -1.93. The predicted octanol–water partition coefficient (Wildman–Crippen LogP) is 8.88. The summed E-state index contributed by atoms with van der Waals surface area (Å²) in [6.45, 7) is 0. The number of para-hydroxylation sites is 1. The summed E-state index contributed by atoms with van der Waals surface area (Å²) in [7, 11) is 0. The van der Waals surface area contributed by atoms with Crippen molar-refractivity contribution in [3.8, 4) is 27.9 Å². The molecule has 0 aliphatic carbocycles. The first-order valence-electron chi connectivity index (χ1n) is 10.7. The van der Waals surface area contributed by atoms with Crippen LogP contribution in [0, 0.1) is 0 Å². The van der Waals surface area contributed by atoms with Gasteiger partial charge in [0.15, 0.2) is 0 Å². The first-order chi connectivity index (χ1) is 15.8. The summed E-state index contributed by atoms with van der Waals surface area (Å²) in [5.74, 6) is 0. The molecular formula is C30H20BrN. The molecule has 0 radical (unpaired) electrons. The molecule has 0 N–H and O–H groups in total. The van der Waals surface area contributed by atoms with Crippen molar-refractivity contribution in [1.29, 1.82) is 0 Å². The van der Waals surface area contributed by atoms with Gasteiger partial charge in [-0.3, -0.25) is 0 Å². The Bertz CT molecular complexity index is 1560. The highest BCUT2D eigenvalue weighted by molar-refractivity contribution is 9.10. The highest BCUT2D eigenvalue weighted by atomic mass is 79.9. The molecule has 0 atom stereocenters. The number of halogens is 1. The standard InChI is InChI=1S/C30H20BrN/c31-25-11-7-10-22(18-25)24-15-17-28-27-16-14-23(21-8-3-1-4-9-21)19-29(27)32(30(28)20-24)26-12-5-2-6-13-26/h1-20H. The predicted molar refractivity (Wildman–Crippen MR) is 139 cm³/mol. The second-order valence-electron chi connectivity index (χ2n) is 8.01. The molecular weight excluding hydrogens is 454 g/mol. The molecule has 6 rings (SSSR count). The molecule has 6 aromatic rings. The second kappa shape index (κ2) is 7.81. The molecule has 32 heavy (non-hydrogen) atoms. The first-order valence-corrected chi connectivity index (χ1v) is 11.5. The molecule has 5 aromatic carbocycles. The molecule has 0 saturated heterocycles. The molecule has 0 spiro atoms. The number of nitrogens with zero attached hydrogens (tertiary/aromatic N) is 1. The fraction of sp³-hybridized carbons (Fsp3) is 0. The van der Waals surface area contributed by atoms with Crippen LogP contribution in [0.4, 0.5) is 0 Å². The van der Waals surface area contributed by atoms with Crippen molar-refractivity contribution in [1.82, 2.24) is 4.57 Å². The highest BCUT2D eigenvalue weighted by Gasteiger charge is 2.14. The maximum absolute atomic E-state index is 3.61. The average molecular weight is 474 g/mol. The van der Waals surface area contributed by atoms with Crippen molar-refractivity contribution < 1.29 is 0 Å². The molecule has 0 aliphatic rings. The van der Waals surface area contributed by atoms with E-state index in [-0.39, 0.29) is 0 Å². The van der Waals surface area contributed by atoms with E-state index < -0.39 is 0 Å². The zero-order valence-electron chi connectivity index (χ0n) is 17.4. The molecule has 0 aliphatic heterocycles. The molecule has 1 aromatic heterocycles. The van der Waals surface area contributed by atoms with Crippen molar-refractivity contribution in [2.75, 3.05) is 0 Å². The monoisotopic (exact) mass is 473 g/mol. The van der Waals surface area contributed by atoms with Crippen LogP contribution >= 0.6 is 15.9 Å². The van der Waals surface area contributed by atoms with Gasteiger partial charge in [0.1, 0.15) is 0 Å². The molecule has 1 heterocycles. The van der Waals surface area contributed by atoms with Crippen molar-refractivity contribution in [2.45, 2.75) is 0 Å². The van der Waals surface area contributed by atoms with Gasteiger partial charge in [-0.05, 0) is 58.7 Å².